The second-order valence-electron chi connectivity index (χ2n) is 7.51. The molecule has 6 nitrogen and oxygen atoms in total. The lowest BCUT2D eigenvalue weighted by Crippen LogP contribution is -2.34. The van der Waals surface area contributed by atoms with E-state index >= 15 is 0 Å². The van der Waals surface area contributed by atoms with Gasteiger partial charge in [0.25, 0.3) is 0 Å². The summed E-state index contributed by atoms with van der Waals surface area (Å²) >= 11 is 0. The van der Waals surface area contributed by atoms with Crippen LogP contribution in [0.3, 0.4) is 0 Å². The third-order valence-corrected chi connectivity index (χ3v) is 5.19. The second-order valence-corrected chi connectivity index (χ2v) is 7.51. The highest BCUT2D eigenvalue weighted by atomic mass is 16.1. The van der Waals surface area contributed by atoms with Gasteiger partial charge >= 0.3 is 0 Å². The third kappa shape index (κ3) is 4.39. The van der Waals surface area contributed by atoms with Crippen molar-refractivity contribution >= 4 is 11.6 Å². The maximum atomic E-state index is 12.5. The number of carbonyl (C=O) groups excluding carboxylic acids is 1. The van der Waals surface area contributed by atoms with Gasteiger partial charge in [-0.15, -0.1) is 0 Å². The summed E-state index contributed by atoms with van der Waals surface area (Å²) in [6, 6.07) is 12.4. The normalized spacial score (nSPS) is 12.5. The van der Waals surface area contributed by atoms with Crippen molar-refractivity contribution in [1.82, 2.24) is 24.8 Å². The van der Waals surface area contributed by atoms with E-state index in [1.165, 1.54) is 5.56 Å². The Hall–Kier alpha value is -2.73. The van der Waals surface area contributed by atoms with Crippen LogP contribution in [-0.2, 0) is 11.2 Å². The van der Waals surface area contributed by atoms with Crippen LogP contribution < -0.4 is 5.32 Å². The molecular weight excluding hydrogens is 350 g/mol. The van der Waals surface area contributed by atoms with E-state index in [0.717, 1.165) is 28.3 Å². The molecule has 3 rings (SSSR count). The second kappa shape index (κ2) is 8.52. The summed E-state index contributed by atoms with van der Waals surface area (Å²) in [5, 5.41) is 7.59. The van der Waals surface area contributed by atoms with Gasteiger partial charge in [-0.1, -0.05) is 30.3 Å². The number of nitrogens with one attached hydrogen (secondary N) is 1. The number of likely N-dealkylation sites (N-methyl/N-ethyl adjacent to an activating group) is 1. The van der Waals surface area contributed by atoms with Crippen LogP contribution in [0.4, 0.5) is 0 Å². The summed E-state index contributed by atoms with van der Waals surface area (Å²) in [6.07, 6.45) is 1.09. The first-order chi connectivity index (χ1) is 13.4. The van der Waals surface area contributed by atoms with Crippen molar-refractivity contribution in [3.63, 3.8) is 0 Å². The van der Waals surface area contributed by atoms with Gasteiger partial charge in [0.2, 0.25) is 5.91 Å². The van der Waals surface area contributed by atoms with Crippen molar-refractivity contribution in [3.8, 4) is 0 Å². The average Bonchev–Trinajstić information content (AvgIpc) is 3.02. The lowest BCUT2D eigenvalue weighted by Gasteiger charge is -2.25. The molecule has 0 saturated carbocycles. The van der Waals surface area contributed by atoms with E-state index in [0.29, 0.717) is 19.4 Å². The van der Waals surface area contributed by atoms with Crippen LogP contribution in [0, 0.1) is 20.8 Å². The number of aromatic nitrogens is 3. The van der Waals surface area contributed by atoms with Crippen molar-refractivity contribution in [2.45, 2.75) is 39.7 Å². The number of fused-ring (bicyclic) bond motifs is 1. The molecule has 6 heteroatoms. The zero-order valence-corrected chi connectivity index (χ0v) is 17.4. The number of amides is 1. The van der Waals surface area contributed by atoms with E-state index in [4.69, 9.17) is 0 Å². The van der Waals surface area contributed by atoms with E-state index in [9.17, 15) is 4.79 Å². The smallest absolute Gasteiger partial charge is 0.220 e. The van der Waals surface area contributed by atoms with Crippen molar-refractivity contribution in [3.05, 3.63) is 64.6 Å². The molecule has 1 amide bonds. The molecule has 2 heterocycles. The Morgan fingerprint density at radius 1 is 1.18 bits per heavy atom. The van der Waals surface area contributed by atoms with Crippen LogP contribution in [0.25, 0.3) is 5.65 Å². The molecule has 0 spiro atoms. The van der Waals surface area contributed by atoms with Crippen LogP contribution in [0.2, 0.25) is 0 Å². The summed E-state index contributed by atoms with van der Waals surface area (Å²) in [7, 11) is 4.06. The Morgan fingerprint density at radius 3 is 2.57 bits per heavy atom. The van der Waals surface area contributed by atoms with E-state index in [1.54, 1.807) is 0 Å². The van der Waals surface area contributed by atoms with Gasteiger partial charge in [0.1, 0.15) is 0 Å². The molecule has 3 aromatic rings. The number of hydrogen-bond acceptors (Lipinski definition) is 4. The van der Waals surface area contributed by atoms with Gasteiger partial charge in [0, 0.05) is 30.4 Å². The largest absolute Gasteiger partial charge is 0.354 e. The molecule has 0 bridgehead atoms. The maximum absolute atomic E-state index is 12.5. The van der Waals surface area contributed by atoms with Crippen LogP contribution in [0.15, 0.2) is 36.4 Å². The Balaban J connectivity index is 1.63. The predicted octanol–water partition coefficient (Wildman–Crippen LogP) is 3.01. The number of rotatable bonds is 7. The maximum Gasteiger partial charge on any atom is 0.220 e. The minimum atomic E-state index is 0.0540. The SMILES string of the molecule is Cc1cc2nc(C)c(CCC(=O)NC[C@H](c3ccccc3)N(C)C)c(C)n2n1. The van der Waals surface area contributed by atoms with Gasteiger partial charge in [-0.05, 0) is 52.4 Å². The first-order valence-electron chi connectivity index (χ1n) is 9.67. The molecule has 0 aliphatic carbocycles. The van der Waals surface area contributed by atoms with Crippen molar-refractivity contribution < 1.29 is 4.79 Å². The molecule has 0 radical (unpaired) electrons. The predicted molar refractivity (Wildman–Crippen MR) is 111 cm³/mol. The minimum Gasteiger partial charge on any atom is -0.354 e. The van der Waals surface area contributed by atoms with E-state index < -0.39 is 0 Å². The fraction of sp³-hybridized carbons (Fsp3) is 0.409. The first-order valence-corrected chi connectivity index (χ1v) is 9.67. The van der Waals surface area contributed by atoms with E-state index in [2.05, 4.69) is 32.4 Å². The summed E-state index contributed by atoms with van der Waals surface area (Å²) in [6.45, 7) is 6.59. The number of hydrogen-bond donors (Lipinski definition) is 1. The third-order valence-electron chi connectivity index (χ3n) is 5.19. The molecule has 0 fully saturated rings. The Bertz CT molecular complexity index is 962. The molecule has 1 aromatic carbocycles. The molecule has 28 heavy (non-hydrogen) atoms. The molecule has 0 saturated heterocycles. The van der Waals surface area contributed by atoms with Crippen molar-refractivity contribution in [2.75, 3.05) is 20.6 Å². The van der Waals surface area contributed by atoms with Crippen LogP contribution in [0.5, 0.6) is 0 Å². The molecule has 0 aliphatic heterocycles. The van der Waals surface area contributed by atoms with Gasteiger partial charge in [0.05, 0.1) is 11.7 Å². The molecule has 1 N–H and O–H groups in total. The number of benzene rings is 1. The molecular formula is C22H29N5O. The lowest BCUT2D eigenvalue weighted by molar-refractivity contribution is -0.121. The molecule has 148 valence electrons. The Kier molecular flexibility index (Phi) is 6.09. The number of aryl methyl sites for hydroxylation is 3. The van der Waals surface area contributed by atoms with Crippen molar-refractivity contribution in [2.24, 2.45) is 0 Å². The first kappa shape index (κ1) is 20.0. The van der Waals surface area contributed by atoms with Gasteiger partial charge < -0.3 is 10.2 Å². The van der Waals surface area contributed by atoms with Crippen LogP contribution in [0.1, 0.15) is 40.7 Å². The molecule has 0 unspecified atom stereocenters. The minimum absolute atomic E-state index is 0.0540. The Labute approximate surface area is 166 Å². The topological polar surface area (TPSA) is 62.5 Å². The average molecular weight is 380 g/mol. The standard InChI is InChI=1S/C22H29N5O/c1-15-13-21-24-16(2)19(17(3)27(21)25-15)11-12-22(28)23-14-20(26(4)5)18-9-7-6-8-10-18/h6-10,13,20H,11-12,14H2,1-5H3,(H,23,28)/t20-/m1/s1. The molecule has 1 atom stereocenters. The summed E-state index contributed by atoms with van der Waals surface area (Å²) < 4.78 is 1.87. The quantitative estimate of drug-likeness (QED) is 0.685. The molecule has 0 aliphatic rings. The van der Waals surface area contributed by atoms with Crippen LogP contribution in [-0.4, -0.2) is 46.0 Å². The van der Waals surface area contributed by atoms with Gasteiger partial charge in [-0.2, -0.15) is 5.10 Å². The van der Waals surface area contributed by atoms with Gasteiger partial charge in [0.15, 0.2) is 5.65 Å². The highest BCUT2D eigenvalue weighted by Crippen LogP contribution is 2.18. The van der Waals surface area contributed by atoms with E-state index in [1.807, 2.05) is 63.6 Å². The van der Waals surface area contributed by atoms with E-state index in [-0.39, 0.29) is 11.9 Å². The highest BCUT2D eigenvalue weighted by molar-refractivity contribution is 5.76. The zero-order valence-electron chi connectivity index (χ0n) is 17.4. The fourth-order valence-corrected chi connectivity index (χ4v) is 3.61. The summed E-state index contributed by atoms with van der Waals surface area (Å²) in [5.74, 6) is 0.0540. The number of nitrogens with zero attached hydrogens (tertiary/aromatic N) is 4. The monoisotopic (exact) mass is 379 g/mol. The van der Waals surface area contributed by atoms with Crippen molar-refractivity contribution in [1.29, 1.82) is 0 Å². The van der Waals surface area contributed by atoms with Gasteiger partial charge in [-0.25, -0.2) is 9.50 Å². The number of carbonyl (C=O) groups is 1. The zero-order chi connectivity index (χ0) is 20.3. The molecule has 2 aromatic heterocycles. The van der Waals surface area contributed by atoms with Crippen LogP contribution >= 0.6 is 0 Å². The highest BCUT2D eigenvalue weighted by Gasteiger charge is 2.16. The van der Waals surface area contributed by atoms with Gasteiger partial charge in [-0.3, -0.25) is 4.79 Å². The Morgan fingerprint density at radius 2 is 1.89 bits per heavy atom. The summed E-state index contributed by atoms with van der Waals surface area (Å²) in [5.41, 5.74) is 6.12. The fourth-order valence-electron chi connectivity index (χ4n) is 3.61. The summed E-state index contributed by atoms with van der Waals surface area (Å²) in [4.78, 5) is 19.3. The lowest BCUT2D eigenvalue weighted by atomic mass is 10.0.